The third-order valence-corrected chi connectivity index (χ3v) is 2.10. The van der Waals surface area contributed by atoms with Crippen molar-refractivity contribution in [1.82, 2.24) is 9.97 Å². The van der Waals surface area contributed by atoms with E-state index in [4.69, 9.17) is 32.7 Å². The molecule has 0 bridgehead atoms. The molecule has 1 rings (SSSR count). The Hall–Kier alpha value is -0.780. The summed E-state index contributed by atoms with van der Waals surface area (Å²) in [5.41, 5.74) is 0. The van der Waals surface area contributed by atoms with Gasteiger partial charge in [-0.25, -0.2) is 4.98 Å². The van der Waals surface area contributed by atoms with E-state index < -0.39 is 0 Å². The first kappa shape index (κ1) is 13.3. The molecule has 1 aromatic heterocycles. The van der Waals surface area contributed by atoms with Gasteiger partial charge in [0.1, 0.15) is 5.02 Å². The number of hydrogen-bond acceptors (Lipinski definition) is 5. The van der Waals surface area contributed by atoms with E-state index in [-0.39, 0.29) is 6.01 Å². The molecular formula is C9H13Cl2N3O2. The molecule has 0 aliphatic rings. The maximum Gasteiger partial charge on any atom is 0.318 e. The molecule has 0 aromatic carbocycles. The maximum absolute atomic E-state index is 5.89. The number of methoxy groups -OCH3 is 1. The van der Waals surface area contributed by atoms with Gasteiger partial charge >= 0.3 is 6.01 Å². The highest BCUT2D eigenvalue weighted by molar-refractivity contribution is 6.32. The quantitative estimate of drug-likeness (QED) is 0.602. The van der Waals surface area contributed by atoms with Crippen molar-refractivity contribution in [3.8, 4) is 6.01 Å². The van der Waals surface area contributed by atoms with Crippen LogP contribution >= 0.6 is 23.2 Å². The summed E-state index contributed by atoms with van der Waals surface area (Å²) in [5, 5.41) is 3.46. The van der Waals surface area contributed by atoms with Crippen LogP contribution in [0.3, 0.4) is 0 Å². The van der Waals surface area contributed by atoms with Gasteiger partial charge in [-0.2, -0.15) is 4.98 Å². The van der Waals surface area contributed by atoms with Crippen LogP contribution in [-0.2, 0) is 4.74 Å². The second-order valence-corrected chi connectivity index (χ2v) is 3.57. The number of aromatic nitrogens is 2. The number of nitrogens with zero attached hydrogens (tertiary/aromatic N) is 2. The SMILES string of the molecule is COc1ncc(Cl)c(NCCOCCCl)n1. The van der Waals surface area contributed by atoms with E-state index in [0.29, 0.717) is 36.5 Å². The Bertz CT molecular complexity index is 326. The van der Waals surface area contributed by atoms with Crippen LogP contribution in [0.25, 0.3) is 0 Å². The first-order chi connectivity index (χ1) is 7.77. The van der Waals surface area contributed by atoms with Crippen LogP contribution in [0.4, 0.5) is 5.82 Å². The Balaban J connectivity index is 2.40. The molecule has 0 fully saturated rings. The van der Waals surface area contributed by atoms with Crippen molar-refractivity contribution >= 4 is 29.0 Å². The van der Waals surface area contributed by atoms with Gasteiger partial charge in [-0.1, -0.05) is 11.6 Å². The molecule has 0 aliphatic carbocycles. The molecule has 0 radical (unpaired) electrons. The molecule has 0 amide bonds. The number of halogens is 2. The van der Waals surface area contributed by atoms with E-state index in [1.807, 2.05) is 0 Å². The van der Waals surface area contributed by atoms with Crippen LogP contribution in [0, 0.1) is 0 Å². The second kappa shape index (κ2) is 7.49. The Kier molecular flexibility index (Phi) is 6.22. The zero-order chi connectivity index (χ0) is 11.8. The van der Waals surface area contributed by atoms with Crippen LogP contribution in [0.1, 0.15) is 0 Å². The zero-order valence-corrected chi connectivity index (χ0v) is 10.4. The molecule has 0 saturated heterocycles. The Morgan fingerprint density at radius 2 is 2.25 bits per heavy atom. The van der Waals surface area contributed by atoms with E-state index in [9.17, 15) is 0 Å². The lowest BCUT2D eigenvalue weighted by Gasteiger charge is -2.08. The molecule has 0 unspecified atom stereocenters. The maximum atomic E-state index is 5.89. The number of hydrogen-bond donors (Lipinski definition) is 1. The number of anilines is 1. The third-order valence-electron chi connectivity index (χ3n) is 1.66. The highest BCUT2D eigenvalue weighted by Crippen LogP contribution is 2.19. The van der Waals surface area contributed by atoms with Crippen molar-refractivity contribution in [2.24, 2.45) is 0 Å². The fourth-order valence-electron chi connectivity index (χ4n) is 0.971. The van der Waals surface area contributed by atoms with Crippen molar-refractivity contribution in [2.45, 2.75) is 0 Å². The lowest BCUT2D eigenvalue weighted by Crippen LogP contribution is -2.12. The first-order valence-corrected chi connectivity index (χ1v) is 5.63. The summed E-state index contributed by atoms with van der Waals surface area (Å²) in [5.74, 6) is 1.02. The zero-order valence-electron chi connectivity index (χ0n) is 8.87. The summed E-state index contributed by atoms with van der Waals surface area (Å²) in [6.07, 6.45) is 1.48. The van der Waals surface area contributed by atoms with Gasteiger partial charge in [-0.05, 0) is 0 Å². The average molecular weight is 266 g/mol. The summed E-state index contributed by atoms with van der Waals surface area (Å²) < 4.78 is 10.1. The number of rotatable bonds is 7. The first-order valence-electron chi connectivity index (χ1n) is 4.72. The van der Waals surface area contributed by atoms with Crippen LogP contribution in [-0.4, -0.2) is 42.7 Å². The molecule has 0 aliphatic heterocycles. The molecule has 90 valence electrons. The summed E-state index contributed by atoms with van der Waals surface area (Å²) >= 11 is 11.3. The van der Waals surface area contributed by atoms with Crippen LogP contribution in [0.15, 0.2) is 6.20 Å². The van der Waals surface area contributed by atoms with E-state index in [1.165, 1.54) is 13.3 Å². The number of ether oxygens (including phenoxy) is 2. The smallest absolute Gasteiger partial charge is 0.318 e. The van der Waals surface area contributed by atoms with Gasteiger partial charge in [0.25, 0.3) is 0 Å². The molecule has 1 aromatic rings. The van der Waals surface area contributed by atoms with Gasteiger partial charge in [0.05, 0.1) is 26.5 Å². The minimum absolute atomic E-state index is 0.272. The molecule has 0 spiro atoms. The van der Waals surface area contributed by atoms with Gasteiger partial charge in [-0.15, -0.1) is 11.6 Å². The van der Waals surface area contributed by atoms with Crippen LogP contribution < -0.4 is 10.1 Å². The summed E-state index contributed by atoms with van der Waals surface area (Å²) in [6, 6.07) is 0.272. The Morgan fingerprint density at radius 3 is 2.94 bits per heavy atom. The number of nitrogens with one attached hydrogen (secondary N) is 1. The Labute approximate surface area is 104 Å². The van der Waals surface area contributed by atoms with E-state index in [2.05, 4.69) is 15.3 Å². The van der Waals surface area contributed by atoms with Crippen LogP contribution in [0.2, 0.25) is 5.02 Å². The normalized spacial score (nSPS) is 10.2. The summed E-state index contributed by atoms with van der Waals surface area (Å²) in [6.45, 7) is 1.66. The van der Waals surface area contributed by atoms with Gasteiger partial charge in [0.2, 0.25) is 0 Å². The summed E-state index contributed by atoms with van der Waals surface area (Å²) in [7, 11) is 1.50. The highest BCUT2D eigenvalue weighted by Gasteiger charge is 2.04. The van der Waals surface area contributed by atoms with Gasteiger partial charge in [-0.3, -0.25) is 0 Å². The average Bonchev–Trinajstić information content (AvgIpc) is 2.31. The molecule has 16 heavy (non-hydrogen) atoms. The van der Waals surface area contributed by atoms with Gasteiger partial charge in [0, 0.05) is 12.4 Å². The van der Waals surface area contributed by atoms with Crippen molar-refractivity contribution in [1.29, 1.82) is 0 Å². The topological polar surface area (TPSA) is 56.3 Å². The predicted molar refractivity (Wildman–Crippen MR) is 63.6 cm³/mol. The number of alkyl halides is 1. The molecule has 5 nitrogen and oxygen atoms in total. The monoisotopic (exact) mass is 265 g/mol. The molecule has 7 heteroatoms. The standard InChI is InChI=1S/C9H13Cl2N3O2/c1-15-9-13-6-7(11)8(14-9)12-3-5-16-4-2-10/h6H,2-5H2,1H3,(H,12,13,14). The summed E-state index contributed by atoms with van der Waals surface area (Å²) in [4.78, 5) is 7.91. The highest BCUT2D eigenvalue weighted by atomic mass is 35.5. The largest absolute Gasteiger partial charge is 0.467 e. The third kappa shape index (κ3) is 4.38. The molecule has 1 heterocycles. The Morgan fingerprint density at radius 1 is 1.44 bits per heavy atom. The molecular weight excluding hydrogens is 253 g/mol. The lowest BCUT2D eigenvalue weighted by molar-refractivity contribution is 0.160. The van der Waals surface area contributed by atoms with E-state index in [0.717, 1.165) is 0 Å². The van der Waals surface area contributed by atoms with Crippen molar-refractivity contribution in [3.63, 3.8) is 0 Å². The fraction of sp³-hybridized carbons (Fsp3) is 0.556. The minimum Gasteiger partial charge on any atom is -0.467 e. The van der Waals surface area contributed by atoms with Gasteiger partial charge in [0.15, 0.2) is 5.82 Å². The van der Waals surface area contributed by atoms with Gasteiger partial charge < -0.3 is 14.8 Å². The fourth-order valence-corrected chi connectivity index (χ4v) is 1.24. The van der Waals surface area contributed by atoms with Crippen molar-refractivity contribution < 1.29 is 9.47 Å². The van der Waals surface area contributed by atoms with Crippen molar-refractivity contribution in [2.75, 3.05) is 38.1 Å². The second-order valence-electron chi connectivity index (χ2n) is 2.78. The lowest BCUT2D eigenvalue weighted by atomic mass is 10.5. The molecule has 0 atom stereocenters. The van der Waals surface area contributed by atoms with E-state index in [1.54, 1.807) is 0 Å². The molecule has 1 N–H and O–H groups in total. The molecule has 0 saturated carbocycles. The predicted octanol–water partition coefficient (Wildman–Crippen LogP) is 1.81. The van der Waals surface area contributed by atoms with Crippen molar-refractivity contribution in [3.05, 3.63) is 11.2 Å². The van der Waals surface area contributed by atoms with Crippen LogP contribution in [0.5, 0.6) is 6.01 Å². The van der Waals surface area contributed by atoms with E-state index >= 15 is 0 Å². The minimum atomic E-state index is 0.272.